The first-order chi connectivity index (χ1) is 7.27. The largest absolute Gasteiger partial charge is 0.316 e. The van der Waals surface area contributed by atoms with E-state index in [0.29, 0.717) is 10.8 Å². The van der Waals surface area contributed by atoms with Crippen molar-refractivity contribution in [3.05, 3.63) is 23.4 Å². The SMILES string of the molecule is O=C(Nc1ncccc1Cl)C1CCNC1. The van der Waals surface area contributed by atoms with Crippen LogP contribution in [-0.2, 0) is 4.79 Å². The van der Waals surface area contributed by atoms with Crippen molar-refractivity contribution >= 4 is 23.3 Å². The number of carbonyl (C=O) groups is 1. The van der Waals surface area contributed by atoms with Crippen molar-refractivity contribution in [1.82, 2.24) is 10.3 Å². The summed E-state index contributed by atoms with van der Waals surface area (Å²) in [5.74, 6) is 0.458. The van der Waals surface area contributed by atoms with E-state index >= 15 is 0 Å². The van der Waals surface area contributed by atoms with E-state index in [2.05, 4.69) is 15.6 Å². The van der Waals surface area contributed by atoms with Crippen molar-refractivity contribution in [2.24, 2.45) is 5.92 Å². The monoisotopic (exact) mass is 225 g/mol. The Hall–Kier alpha value is -1.13. The highest BCUT2D eigenvalue weighted by Gasteiger charge is 2.22. The highest BCUT2D eigenvalue weighted by molar-refractivity contribution is 6.33. The first kappa shape index (κ1) is 10.4. The summed E-state index contributed by atoms with van der Waals surface area (Å²) in [5, 5.41) is 6.34. The third kappa shape index (κ3) is 2.46. The Kier molecular flexibility index (Phi) is 3.18. The fraction of sp³-hybridized carbons (Fsp3) is 0.400. The molecule has 1 aliphatic rings. The molecular formula is C10H12ClN3O. The van der Waals surface area contributed by atoms with E-state index in [4.69, 9.17) is 11.6 Å². The Morgan fingerprint density at radius 1 is 1.67 bits per heavy atom. The lowest BCUT2D eigenvalue weighted by atomic mass is 10.1. The highest BCUT2D eigenvalue weighted by Crippen LogP contribution is 2.19. The van der Waals surface area contributed by atoms with Crippen LogP contribution in [0.2, 0.25) is 5.02 Å². The fourth-order valence-electron chi connectivity index (χ4n) is 1.57. The lowest BCUT2D eigenvalue weighted by Gasteiger charge is -2.09. The minimum absolute atomic E-state index is 0.0133. The van der Waals surface area contributed by atoms with Crippen molar-refractivity contribution in [2.75, 3.05) is 18.4 Å². The van der Waals surface area contributed by atoms with Gasteiger partial charge in [-0.25, -0.2) is 4.98 Å². The normalized spacial score (nSPS) is 20.2. The van der Waals surface area contributed by atoms with Gasteiger partial charge in [-0.1, -0.05) is 11.6 Å². The Balaban J connectivity index is 2.02. The minimum atomic E-state index is -0.0133. The number of rotatable bonds is 2. The number of pyridine rings is 1. The summed E-state index contributed by atoms with van der Waals surface area (Å²) < 4.78 is 0. The van der Waals surface area contributed by atoms with Crippen LogP contribution in [0.5, 0.6) is 0 Å². The average Bonchev–Trinajstić information content (AvgIpc) is 2.74. The van der Waals surface area contributed by atoms with Crippen LogP contribution >= 0.6 is 11.6 Å². The maximum Gasteiger partial charge on any atom is 0.230 e. The maximum atomic E-state index is 11.7. The Labute approximate surface area is 93.0 Å². The van der Waals surface area contributed by atoms with Crippen molar-refractivity contribution in [1.29, 1.82) is 0 Å². The van der Waals surface area contributed by atoms with Gasteiger partial charge in [-0.3, -0.25) is 4.79 Å². The highest BCUT2D eigenvalue weighted by atomic mass is 35.5. The molecule has 5 heteroatoms. The van der Waals surface area contributed by atoms with Gasteiger partial charge < -0.3 is 10.6 Å². The van der Waals surface area contributed by atoms with Crippen LogP contribution in [0, 0.1) is 5.92 Å². The molecule has 2 N–H and O–H groups in total. The van der Waals surface area contributed by atoms with Gasteiger partial charge in [-0.2, -0.15) is 0 Å². The summed E-state index contributed by atoms with van der Waals surface area (Å²) in [7, 11) is 0. The van der Waals surface area contributed by atoms with E-state index in [-0.39, 0.29) is 11.8 Å². The van der Waals surface area contributed by atoms with Crippen molar-refractivity contribution in [2.45, 2.75) is 6.42 Å². The molecule has 80 valence electrons. The van der Waals surface area contributed by atoms with Crippen LogP contribution in [0.1, 0.15) is 6.42 Å². The first-order valence-corrected chi connectivity index (χ1v) is 5.27. The Morgan fingerprint density at radius 3 is 3.20 bits per heavy atom. The van der Waals surface area contributed by atoms with Gasteiger partial charge in [0.1, 0.15) is 0 Å². The van der Waals surface area contributed by atoms with E-state index in [1.54, 1.807) is 18.3 Å². The van der Waals surface area contributed by atoms with Gasteiger partial charge in [0, 0.05) is 12.7 Å². The zero-order valence-corrected chi connectivity index (χ0v) is 8.92. The zero-order valence-electron chi connectivity index (χ0n) is 8.16. The number of carbonyl (C=O) groups excluding carboxylic acids is 1. The molecule has 0 aromatic carbocycles. The van der Waals surface area contributed by atoms with Gasteiger partial charge in [-0.15, -0.1) is 0 Å². The molecule has 1 amide bonds. The van der Waals surface area contributed by atoms with Crippen LogP contribution in [0.25, 0.3) is 0 Å². The topological polar surface area (TPSA) is 54.0 Å². The number of anilines is 1. The number of aromatic nitrogens is 1. The average molecular weight is 226 g/mol. The molecular weight excluding hydrogens is 214 g/mol. The van der Waals surface area contributed by atoms with Gasteiger partial charge in [-0.05, 0) is 25.1 Å². The van der Waals surface area contributed by atoms with Gasteiger partial charge in [0.15, 0.2) is 5.82 Å². The quantitative estimate of drug-likeness (QED) is 0.798. The summed E-state index contributed by atoms with van der Waals surface area (Å²) >= 11 is 5.88. The van der Waals surface area contributed by atoms with E-state index in [1.165, 1.54) is 0 Å². The molecule has 1 fully saturated rings. The molecule has 1 aromatic heterocycles. The summed E-state index contributed by atoms with van der Waals surface area (Å²) in [6, 6.07) is 3.44. The van der Waals surface area contributed by atoms with Crippen molar-refractivity contribution in [3.63, 3.8) is 0 Å². The molecule has 2 heterocycles. The smallest absolute Gasteiger partial charge is 0.230 e. The predicted octanol–water partition coefficient (Wildman–Crippen LogP) is 1.28. The minimum Gasteiger partial charge on any atom is -0.316 e. The summed E-state index contributed by atoms with van der Waals surface area (Å²) in [4.78, 5) is 15.7. The van der Waals surface area contributed by atoms with Crippen LogP contribution < -0.4 is 10.6 Å². The molecule has 1 aliphatic heterocycles. The van der Waals surface area contributed by atoms with E-state index in [0.717, 1.165) is 19.5 Å². The number of nitrogens with zero attached hydrogens (tertiary/aromatic N) is 1. The van der Waals surface area contributed by atoms with Crippen molar-refractivity contribution in [3.8, 4) is 0 Å². The first-order valence-electron chi connectivity index (χ1n) is 4.89. The molecule has 15 heavy (non-hydrogen) atoms. The van der Waals surface area contributed by atoms with Gasteiger partial charge in [0.25, 0.3) is 0 Å². The second-order valence-electron chi connectivity index (χ2n) is 3.51. The van der Waals surface area contributed by atoms with Gasteiger partial charge in [0.05, 0.1) is 10.9 Å². The summed E-state index contributed by atoms with van der Waals surface area (Å²) in [6.07, 6.45) is 2.48. The van der Waals surface area contributed by atoms with Crippen molar-refractivity contribution < 1.29 is 4.79 Å². The lowest BCUT2D eigenvalue weighted by Crippen LogP contribution is -2.25. The van der Waals surface area contributed by atoms with E-state index < -0.39 is 0 Å². The standard InChI is InChI=1S/C10H12ClN3O/c11-8-2-1-4-13-9(8)14-10(15)7-3-5-12-6-7/h1-2,4,7,12H,3,5-6H2,(H,13,14,15). The number of nitrogens with one attached hydrogen (secondary N) is 2. The fourth-order valence-corrected chi connectivity index (χ4v) is 1.74. The lowest BCUT2D eigenvalue weighted by molar-refractivity contribution is -0.119. The number of amides is 1. The Morgan fingerprint density at radius 2 is 2.53 bits per heavy atom. The van der Waals surface area contributed by atoms with Crippen LogP contribution in [0.3, 0.4) is 0 Å². The predicted molar refractivity (Wildman–Crippen MR) is 58.9 cm³/mol. The number of hydrogen-bond acceptors (Lipinski definition) is 3. The summed E-state index contributed by atoms with van der Waals surface area (Å²) in [6.45, 7) is 1.63. The van der Waals surface area contributed by atoms with Crippen LogP contribution in [0.15, 0.2) is 18.3 Å². The molecule has 2 rings (SSSR count). The molecule has 1 saturated heterocycles. The van der Waals surface area contributed by atoms with Crippen LogP contribution in [-0.4, -0.2) is 24.0 Å². The second-order valence-corrected chi connectivity index (χ2v) is 3.92. The third-order valence-corrected chi connectivity index (χ3v) is 2.74. The molecule has 0 spiro atoms. The van der Waals surface area contributed by atoms with Gasteiger partial charge in [0.2, 0.25) is 5.91 Å². The molecule has 1 aromatic rings. The van der Waals surface area contributed by atoms with Crippen LogP contribution in [0.4, 0.5) is 5.82 Å². The summed E-state index contributed by atoms with van der Waals surface area (Å²) in [5.41, 5.74) is 0. The molecule has 1 unspecified atom stereocenters. The molecule has 0 radical (unpaired) electrons. The van der Waals surface area contributed by atoms with E-state index in [9.17, 15) is 4.79 Å². The molecule has 0 saturated carbocycles. The second kappa shape index (κ2) is 4.59. The number of halogens is 1. The molecule has 4 nitrogen and oxygen atoms in total. The zero-order chi connectivity index (χ0) is 10.7. The third-order valence-electron chi connectivity index (χ3n) is 2.43. The van der Waals surface area contributed by atoms with Gasteiger partial charge >= 0.3 is 0 Å². The molecule has 0 aliphatic carbocycles. The molecule has 0 bridgehead atoms. The molecule has 1 atom stereocenters. The number of hydrogen-bond donors (Lipinski definition) is 2. The van der Waals surface area contributed by atoms with E-state index in [1.807, 2.05) is 0 Å². The maximum absolute atomic E-state index is 11.7. The Bertz CT molecular complexity index is 363.